The van der Waals surface area contributed by atoms with Crippen LogP contribution in [0.25, 0.3) is 0 Å². The Hall–Kier alpha value is -2.28. The molecule has 1 atom stereocenters. The number of hydrogen-bond donors (Lipinski definition) is 1. The maximum atomic E-state index is 13.3. The summed E-state index contributed by atoms with van der Waals surface area (Å²) in [6.45, 7) is 4.91. The molecule has 0 bridgehead atoms. The molecular weight excluding hydrogens is 309 g/mol. The van der Waals surface area contributed by atoms with Gasteiger partial charge in [-0.15, -0.1) is 5.10 Å². The standard InChI is InChI=1S/C17H22FN5O/c1-2-8-23(15-6-7-19-10-15)17(24)16-12-22(21-20-16)11-13-4-3-5-14(18)9-13/h3-5,9,12,15,19H,2,6-8,10-11H2,1H3. The molecular formula is C17H22FN5O. The van der Waals surface area contributed by atoms with E-state index in [1.54, 1.807) is 16.9 Å². The highest BCUT2D eigenvalue weighted by Crippen LogP contribution is 2.13. The predicted octanol–water partition coefficient (Wildman–Crippen LogP) is 1.68. The van der Waals surface area contributed by atoms with Crippen molar-refractivity contribution in [2.45, 2.75) is 32.4 Å². The molecule has 128 valence electrons. The van der Waals surface area contributed by atoms with Gasteiger partial charge in [-0.2, -0.15) is 0 Å². The Balaban J connectivity index is 1.72. The summed E-state index contributed by atoms with van der Waals surface area (Å²) < 4.78 is 14.8. The first-order valence-electron chi connectivity index (χ1n) is 8.33. The fourth-order valence-electron chi connectivity index (χ4n) is 3.04. The molecule has 1 aromatic carbocycles. The Morgan fingerprint density at radius 2 is 2.38 bits per heavy atom. The van der Waals surface area contributed by atoms with Crippen LogP contribution >= 0.6 is 0 Å². The highest BCUT2D eigenvalue weighted by atomic mass is 19.1. The molecule has 1 fully saturated rings. The Morgan fingerprint density at radius 1 is 1.50 bits per heavy atom. The van der Waals surface area contributed by atoms with Crippen molar-refractivity contribution in [2.24, 2.45) is 0 Å². The van der Waals surface area contributed by atoms with Crippen molar-refractivity contribution in [3.63, 3.8) is 0 Å². The average molecular weight is 331 g/mol. The van der Waals surface area contributed by atoms with Crippen LogP contribution in [0.4, 0.5) is 4.39 Å². The summed E-state index contributed by atoms with van der Waals surface area (Å²) >= 11 is 0. The minimum absolute atomic E-state index is 0.0870. The van der Waals surface area contributed by atoms with Crippen LogP contribution in [0.2, 0.25) is 0 Å². The zero-order valence-corrected chi connectivity index (χ0v) is 13.8. The van der Waals surface area contributed by atoms with Crippen molar-refractivity contribution < 1.29 is 9.18 Å². The highest BCUT2D eigenvalue weighted by Gasteiger charge is 2.28. The van der Waals surface area contributed by atoms with E-state index in [2.05, 4.69) is 22.6 Å². The Kier molecular flexibility index (Phi) is 5.20. The first-order valence-corrected chi connectivity index (χ1v) is 8.33. The fourth-order valence-corrected chi connectivity index (χ4v) is 3.04. The van der Waals surface area contributed by atoms with Crippen LogP contribution in [0.3, 0.4) is 0 Å². The lowest BCUT2D eigenvalue weighted by Crippen LogP contribution is -2.42. The number of halogens is 1. The van der Waals surface area contributed by atoms with Gasteiger partial charge in [0.15, 0.2) is 5.69 Å². The van der Waals surface area contributed by atoms with E-state index in [0.29, 0.717) is 18.8 Å². The van der Waals surface area contributed by atoms with Gasteiger partial charge < -0.3 is 10.2 Å². The van der Waals surface area contributed by atoms with Crippen molar-refractivity contribution in [1.29, 1.82) is 0 Å². The Labute approximate surface area is 140 Å². The topological polar surface area (TPSA) is 63.1 Å². The molecule has 2 heterocycles. The molecule has 0 spiro atoms. The van der Waals surface area contributed by atoms with Crippen LogP contribution in [0.15, 0.2) is 30.5 Å². The SMILES string of the molecule is CCCN(C(=O)c1cn(Cc2cccc(F)c2)nn1)C1CCNC1. The van der Waals surface area contributed by atoms with E-state index in [9.17, 15) is 9.18 Å². The number of hydrogen-bond acceptors (Lipinski definition) is 4. The van der Waals surface area contributed by atoms with Gasteiger partial charge in [-0.3, -0.25) is 4.79 Å². The summed E-state index contributed by atoms with van der Waals surface area (Å²) in [5.41, 5.74) is 1.12. The first-order chi connectivity index (χ1) is 11.7. The van der Waals surface area contributed by atoms with E-state index < -0.39 is 0 Å². The maximum Gasteiger partial charge on any atom is 0.276 e. The summed E-state index contributed by atoms with van der Waals surface area (Å²) in [7, 11) is 0. The molecule has 1 aliphatic heterocycles. The third-order valence-electron chi connectivity index (χ3n) is 4.19. The minimum atomic E-state index is -0.285. The zero-order chi connectivity index (χ0) is 16.9. The second-order valence-electron chi connectivity index (χ2n) is 6.08. The number of benzene rings is 1. The summed E-state index contributed by atoms with van der Waals surface area (Å²) in [6.07, 6.45) is 3.50. The number of nitrogens with zero attached hydrogens (tertiary/aromatic N) is 4. The third-order valence-corrected chi connectivity index (χ3v) is 4.19. The average Bonchev–Trinajstić information content (AvgIpc) is 3.24. The van der Waals surface area contributed by atoms with Gasteiger partial charge in [-0.1, -0.05) is 24.3 Å². The van der Waals surface area contributed by atoms with Crippen molar-refractivity contribution in [2.75, 3.05) is 19.6 Å². The summed E-state index contributed by atoms with van der Waals surface area (Å²) in [4.78, 5) is 14.6. The van der Waals surface area contributed by atoms with Gasteiger partial charge in [0.05, 0.1) is 12.7 Å². The van der Waals surface area contributed by atoms with Crippen molar-refractivity contribution in [1.82, 2.24) is 25.2 Å². The van der Waals surface area contributed by atoms with E-state index in [0.717, 1.165) is 31.5 Å². The van der Waals surface area contributed by atoms with Gasteiger partial charge in [-0.05, 0) is 37.1 Å². The molecule has 1 N–H and O–H groups in total. The maximum absolute atomic E-state index is 13.3. The third kappa shape index (κ3) is 3.79. The lowest BCUT2D eigenvalue weighted by atomic mass is 10.2. The molecule has 7 heteroatoms. The molecule has 1 unspecified atom stereocenters. The molecule has 1 aliphatic rings. The van der Waals surface area contributed by atoms with Gasteiger partial charge in [0.1, 0.15) is 5.82 Å². The van der Waals surface area contributed by atoms with Gasteiger partial charge in [0.25, 0.3) is 5.91 Å². The van der Waals surface area contributed by atoms with Crippen LogP contribution in [-0.4, -0.2) is 51.5 Å². The molecule has 1 saturated heterocycles. The Morgan fingerprint density at radius 3 is 3.08 bits per heavy atom. The number of rotatable bonds is 6. The molecule has 1 aromatic heterocycles. The number of aromatic nitrogens is 3. The second kappa shape index (κ2) is 7.53. The largest absolute Gasteiger partial charge is 0.333 e. The van der Waals surface area contributed by atoms with Gasteiger partial charge in [-0.25, -0.2) is 9.07 Å². The molecule has 24 heavy (non-hydrogen) atoms. The van der Waals surface area contributed by atoms with Crippen LogP contribution in [-0.2, 0) is 6.54 Å². The van der Waals surface area contributed by atoms with Gasteiger partial charge in [0, 0.05) is 19.1 Å². The number of carbonyl (C=O) groups excluding carboxylic acids is 1. The van der Waals surface area contributed by atoms with Crippen molar-refractivity contribution >= 4 is 5.91 Å². The lowest BCUT2D eigenvalue weighted by Gasteiger charge is -2.27. The van der Waals surface area contributed by atoms with Crippen molar-refractivity contribution in [3.05, 3.63) is 47.5 Å². The molecule has 0 saturated carbocycles. The normalized spacial score (nSPS) is 17.2. The van der Waals surface area contributed by atoms with E-state index in [1.165, 1.54) is 12.1 Å². The lowest BCUT2D eigenvalue weighted by molar-refractivity contribution is 0.0686. The zero-order valence-electron chi connectivity index (χ0n) is 13.8. The van der Waals surface area contributed by atoms with Crippen LogP contribution in [0.1, 0.15) is 35.8 Å². The number of amides is 1. The quantitative estimate of drug-likeness (QED) is 0.875. The molecule has 6 nitrogen and oxygen atoms in total. The Bertz CT molecular complexity index is 696. The summed E-state index contributed by atoms with van der Waals surface area (Å²) in [5, 5.41) is 11.3. The number of carbonyl (C=O) groups is 1. The van der Waals surface area contributed by atoms with E-state index in [-0.39, 0.29) is 17.8 Å². The van der Waals surface area contributed by atoms with Crippen molar-refractivity contribution in [3.8, 4) is 0 Å². The summed E-state index contributed by atoms with van der Waals surface area (Å²) in [6, 6.07) is 6.55. The molecule has 1 amide bonds. The van der Waals surface area contributed by atoms with Crippen LogP contribution < -0.4 is 5.32 Å². The molecule has 0 radical (unpaired) electrons. The fraction of sp³-hybridized carbons (Fsp3) is 0.471. The molecule has 0 aliphatic carbocycles. The predicted molar refractivity (Wildman–Crippen MR) is 88.1 cm³/mol. The molecule has 3 rings (SSSR count). The van der Waals surface area contributed by atoms with E-state index in [1.807, 2.05) is 11.0 Å². The van der Waals surface area contributed by atoms with Crippen LogP contribution in [0, 0.1) is 5.82 Å². The highest BCUT2D eigenvalue weighted by molar-refractivity contribution is 5.92. The van der Waals surface area contributed by atoms with E-state index >= 15 is 0 Å². The molecule has 2 aromatic rings. The smallest absolute Gasteiger partial charge is 0.276 e. The number of nitrogens with one attached hydrogen (secondary N) is 1. The first kappa shape index (κ1) is 16.6. The van der Waals surface area contributed by atoms with Gasteiger partial charge in [0.2, 0.25) is 0 Å². The van der Waals surface area contributed by atoms with Gasteiger partial charge >= 0.3 is 0 Å². The summed E-state index contributed by atoms with van der Waals surface area (Å²) in [5.74, 6) is -0.372. The minimum Gasteiger partial charge on any atom is -0.333 e. The monoisotopic (exact) mass is 331 g/mol. The second-order valence-corrected chi connectivity index (χ2v) is 6.08. The van der Waals surface area contributed by atoms with Crippen LogP contribution in [0.5, 0.6) is 0 Å². The van der Waals surface area contributed by atoms with E-state index in [4.69, 9.17) is 0 Å².